The molecule has 3 heterocycles. The number of hydrogen-bond acceptors (Lipinski definition) is 3. The van der Waals surface area contributed by atoms with E-state index in [4.69, 9.17) is 0 Å². The molecule has 2 fully saturated rings. The molecule has 6 rings (SSSR count). The number of piperidine rings is 1. The Labute approximate surface area is 228 Å². The van der Waals surface area contributed by atoms with Gasteiger partial charge in [-0.3, -0.25) is 4.79 Å². The van der Waals surface area contributed by atoms with Gasteiger partial charge in [0, 0.05) is 31.1 Å². The smallest absolute Gasteiger partial charge is 0.254 e. The van der Waals surface area contributed by atoms with Gasteiger partial charge in [0.1, 0.15) is 5.82 Å². The van der Waals surface area contributed by atoms with Crippen LogP contribution < -0.4 is 0 Å². The summed E-state index contributed by atoms with van der Waals surface area (Å²) in [7, 11) is 0. The van der Waals surface area contributed by atoms with Gasteiger partial charge in [0.15, 0.2) is 0 Å². The number of carbonyl (C=O) groups is 1. The zero-order chi connectivity index (χ0) is 25.9. The van der Waals surface area contributed by atoms with E-state index in [1.807, 2.05) is 48.5 Å². The van der Waals surface area contributed by atoms with Crippen molar-refractivity contribution in [3.63, 3.8) is 0 Å². The standard InChI is InChI=1S/C33H33FN2OS/c34-29-12-10-24(11-13-29)25-14-17-35(18-15-25)20-28-21-36(22-32(28)27-16-19-38-23-27)33(37)31-9-5-4-8-30(31)26-6-2-1-3-7-26/h1-13,16,19,23,25,28,32H,14-15,17-18,20-22H2. The van der Waals surface area contributed by atoms with E-state index in [2.05, 4.69) is 44.8 Å². The molecule has 2 aliphatic rings. The molecule has 2 unspecified atom stereocenters. The third-order valence-electron chi connectivity index (χ3n) is 8.36. The maximum absolute atomic E-state index is 13.9. The molecule has 0 saturated carbocycles. The van der Waals surface area contributed by atoms with Crippen molar-refractivity contribution >= 4 is 17.2 Å². The highest BCUT2D eigenvalue weighted by atomic mass is 32.1. The summed E-state index contributed by atoms with van der Waals surface area (Å²) < 4.78 is 13.4. The summed E-state index contributed by atoms with van der Waals surface area (Å²) in [6.45, 7) is 4.62. The highest BCUT2D eigenvalue weighted by Gasteiger charge is 2.38. The number of hydrogen-bond donors (Lipinski definition) is 0. The monoisotopic (exact) mass is 524 g/mol. The van der Waals surface area contributed by atoms with Gasteiger partial charge >= 0.3 is 0 Å². The number of carbonyl (C=O) groups excluding carboxylic acids is 1. The molecule has 0 aliphatic carbocycles. The SMILES string of the molecule is O=C(c1ccccc1-c1ccccc1)N1CC(CN2CCC(c3ccc(F)cc3)CC2)C(c2ccsc2)C1. The zero-order valence-electron chi connectivity index (χ0n) is 21.5. The molecule has 3 nitrogen and oxygen atoms in total. The van der Waals surface area contributed by atoms with Gasteiger partial charge in [-0.2, -0.15) is 11.3 Å². The van der Waals surface area contributed by atoms with Crippen molar-refractivity contribution in [2.45, 2.75) is 24.7 Å². The van der Waals surface area contributed by atoms with Crippen molar-refractivity contribution in [1.29, 1.82) is 0 Å². The predicted molar refractivity (Wildman–Crippen MR) is 153 cm³/mol. The van der Waals surface area contributed by atoms with Crippen molar-refractivity contribution in [2.24, 2.45) is 5.92 Å². The number of likely N-dealkylation sites (tertiary alicyclic amines) is 2. The molecule has 2 saturated heterocycles. The fraction of sp³-hybridized carbons (Fsp3) is 0.303. The first kappa shape index (κ1) is 25.0. The summed E-state index contributed by atoms with van der Waals surface area (Å²) >= 11 is 1.74. The number of thiophene rings is 1. The van der Waals surface area contributed by atoms with Crippen molar-refractivity contribution in [3.8, 4) is 11.1 Å². The molecule has 4 aromatic rings. The second-order valence-electron chi connectivity index (χ2n) is 10.7. The highest BCUT2D eigenvalue weighted by molar-refractivity contribution is 7.08. The lowest BCUT2D eigenvalue weighted by molar-refractivity contribution is 0.0782. The van der Waals surface area contributed by atoms with Gasteiger partial charge in [0.05, 0.1) is 0 Å². The van der Waals surface area contributed by atoms with Gasteiger partial charge in [-0.25, -0.2) is 4.39 Å². The van der Waals surface area contributed by atoms with Gasteiger partial charge < -0.3 is 9.80 Å². The molecule has 2 atom stereocenters. The molecule has 1 amide bonds. The van der Waals surface area contributed by atoms with Gasteiger partial charge in [-0.15, -0.1) is 0 Å². The molecule has 0 radical (unpaired) electrons. The third-order valence-corrected chi connectivity index (χ3v) is 9.06. The molecule has 3 aromatic carbocycles. The Morgan fingerprint density at radius 3 is 2.32 bits per heavy atom. The number of amides is 1. The summed E-state index contributed by atoms with van der Waals surface area (Å²) in [5.41, 5.74) is 5.45. The second kappa shape index (κ2) is 11.2. The lowest BCUT2D eigenvalue weighted by atomic mass is 9.87. The van der Waals surface area contributed by atoms with Crippen molar-refractivity contribution in [3.05, 3.63) is 118 Å². The summed E-state index contributed by atoms with van der Waals surface area (Å²) in [5.74, 6) is 1.21. The Bertz CT molecular complexity index is 1350. The molecule has 2 aliphatic heterocycles. The maximum atomic E-state index is 13.9. The summed E-state index contributed by atoms with van der Waals surface area (Å²) in [6, 6.07) is 27.5. The van der Waals surface area contributed by atoms with Crippen LogP contribution >= 0.6 is 11.3 Å². The Balaban J connectivity index is 1.17. The fourth-order valence-electron chi connectivity index (χ4n) is 6.31. The van der Waals surface area contributed by atoms with E-state index in [1.54, 1.807) is 23.5 Å². The molecule has 0 bridgehead atoms. The van der Waals surface area contributed by atoms with Crippen LogP contribution in [-0.4, -0.2) is 48.4 Å². The Morgan fingerprint density at radius 1 is 0.842 bits per heavy atom. The number of rotatable bonds is 6. The van der Waals surface area contributed by atoms with Crippen LogP contribution in [0.3, 0.4) is 0 Å². The van der Waals surface area contributed by atoms with E-state index in [0.717, 1.165) is 62.3 Å². The normalized spacial score (nSPS) is 20.6. The number of benzene rings is 3. The van der Waals surface area contributed by atoms with Crippen LogP contribution in [0.5, 0.6) is 0 Å². The van der Waals surface area contributed by atoms with Crippen LogP contribution in [0.25, 0.3) is 11.1 Å². The zero-order valence-corrected chi connectivity index (χ0v) is 22.3. The van der Waals surface area contributed by atoms with Gasteiger partial charge in [0.25, 0.3) is 5.91 Å². The number of nitrogens with zero attached hydrogens (tertiary/aromatic N) is 2. The van der Waals surface area contributed by atoms with Gasteiger partial charge in [-0.05, 0) is 95.0 Å². The van der Waals surface area contributed by atoms with E-state index >= 15 is 0 Å². The molecule has 1 aromatic heterocycles. The molecule has 5 heteroatoms. The molecular formula is C33H33FN2OS. The molecular weight excluding hydrogens is 491 g/mol. The van der Waals surface area contributed by atoms with Crippen LogP contribution in [-0.2, 0) is 0 Å². The minimum Gasteiger partial charge on any atom is -0.338 e. The first-order valence-electron chi connectivity index (χ1n) is 13.6. The molecule has 0 N–H and O–H groups in total. The van der Waals surface area contributed by atoms with Crippen LogP contribution in [0, 0.1) is 11.7 Å². The quantitative estimate of drug-likeness (QED) is 0.264. The maximum Gasteiger partial charge on any atom is 0.254 e. The predicted octanol–water partition coefficient (Wildman–Crippen LogP) is 7.29. The van der Waals surface area contributed by atoms with E-state index in [-0.39, 0.29) is 11.7 Å². The minimum atomic E-state index is -0.169. The third kappa shape index (κ3) is 5.31. The topological polar surface area (TPSA) is 23.6 Å². The summed E-state index contributed by atoms with van der Waals surface area (Å²) in [4.78, 5) is 18.6. The Hall–Kier alpha value is -3.28. The van der Waals surface area contributed by atoms with E-state index in [9.17, 15) is 9.18 Å². The van der Waals surface area contributed by atoms with E-state index in [0.29, 0.717) is 17.8 Å². The minimum absolute atomic E-state index is 0.127. The first-order valence-corrected chi connectivity index (χ1v) is 14.5. The van der Waals surface area contributed by atoms with Crippen molar-refractivity contribution in [1.82, 2.24) is 9.80 Å². The lowest BCUT2D eigenvalue weighted by Crippen LogP contribution is -2.38. The first-order chi connectivity index (χ1) is 18.7. The van der Waals surface area contributed by atoms with E-state index in [1.165, 1.54) is 11.1 Å². The average molecular weight is 525 g/mol. The highest BCUT2D eigenvalue weighted by Crippen LogP contribution is 2.37. The Kier molecular flexibility index (Phi) is 7.39. The van der Waals surface area contributed by atoms with Gasteiger partial charge in [-0.1, -0.05) is 60.7 Å². The van der Waals surface area contributed by atoms with Crippen LogP contribution in [0.4, 0.5) is 4.39 Å². The second-order valence-corrected chi connectivity index (χ2v) is 11.5. The van der Waals surface area contributed by atoms with Crippen molar-refractivity contribution in [2.75, 3.05) is 32.7 Å². The summed E-state index contributed by atoms with van der Waals surface area (Å²) in [5, 5.41) is 4.40. The Morgan fingerprint density at radius 2 is 1.58 bits per heavy atom. The molecule has 38 heavy (non-hydrogen) atoms. The molecule has 0 spiro atoms. The van der Waals surface area contributed by atoms with Gasteiger partial charge in [0.2, 0.25) is 0 Å². The molecule has 194 valence electrons. The van der Waals surface area contributed by atoms with Crippen molar-refractivity contribution < 1.29 is 9.18 Å². The largest absolute Gasteiger partial charge is 0.338 e. The average Bonchev–Trinajstić information content (AvgIpc) is 3.65. The van der Waals surface area contributed by atoms with Crippen LogP contribution in [0.1, 0.15) is 46.2 Å². The van der Waals surface area contributed by atoms with Crippen LogP contribution in [0.2, 0.25) is 0 Å². The fourth-order valence-corrected chi connectivity index (χ4v) is 7.04. The van der Waals surface area contributed by atoms with E-state index < -0.39 is 0 Å². The van der Waals surface area contributed by atoms with Crippen LogP contribution in [0.15, 0.2) is 95.7 Å². The number of halogens is 1. The summed E-state index contributed by atoms with van der Waals surface area (Å²) in [6.07, 6.45) is 2.18. The lowest BCUT2D eigenvalue weighted by Gasteiger charge is -2.34.